The normalized spacial score (nSPS) is 19.2. The molecule has 1 saturated heterocycles. The van der Waals surface area contributed by atoms with Crippen LogP contribution in [0.3, 0.4) is 0 Å². The lowest BCUT2D eigenvalue weighted by molar-refractivity contribution is -0.0328. The van der Waals surface area contributed by atoms with Crippen molar-refractivity contribution in [2.75, 3.05) is 53.0 Å². The zero-order valence-electron chi connectivity index (χ0n) is 20.2. The molecular formula is C26H35F3N2O2S. The fourth-order valence-electron chi connectivity index (χ4n) is 4.40. The summed E-state index contributed by atoms with van der Waals surface area (Å²) in [6.45, 7) is 11.0. The molecule has 0 radical (unpaired) electrons. The summed E-state index contributed by atoms with van der Waals surface area (Å²) < 4.78 is 49.3. The van der Waals surface area contributed by atoms with E-state index in [1.165, 1.54) is 11.1 Å². The van der Waals surface area contributed by atoms with Gasteiger partial charge in [0.05, 0.1) is 19.8 Å². The molecule has 8 heteroatoms. The first-order valence-electron chi connectivity index (χ1n) is 12.0. The van der Waals surface area contributed by atoms with Gasteiger partial charge >= 0.3 is 5.51 Å². The molecule has 188 valence electrons. The van der Waals surface area contributed by atoms with Crippen LogP contribution in [0.25, 0.3) is 0 Å². The Bertz CT molecular complexity index is 887. The first kappa shape index (κ1) is 26.9. The predicted molar refractivity (Wildman–Crippen MR) is 132 cm³/mol. The van der Waals surface area contributed by atoms with Crippen molar-refractivity contribution in [2.24, 2.45) is 0 Å². The molecule has 0 bridgehead atoms. The molecule has 2 aromatic carbocycles. The van der Waals surface area contributed by atoms with E-state index in [9.17, 15) is 13.2 Å². The predicted octanol–water partition coefficient (Wildman–Crippen LogP) is 6.00. The average Bonchev–Trinajstić information content (AvgIpc) is 2.82. The van der Waals surface area contributed by atoms with E-state index in [2.05, 4.69) is 29.0 Å². The van der Waals surface area contributed by atoms with Crippen molar-refractivity contribution in [2.45, 2.75) is 43.1 Å². The van der Waals surface area contributed by atoms with E-state index in [0.717, 1.165) is 63.7 Å². The zero-order chi connectivity index (χ0) is 24.6. The van der Waals surface area contributed by atoms with Gasteiger partial charge in [-0.25, -0.2) is 0 Å². The third-order valence-corrected chi connectivity index (χ3v) is 6.67. The molecule has 34 heavy (non-hydrogen) atoms. The number of hydrogen-bond donors (Lipinski definition) is 0. The highest BCUT2D eigenvalue weighted by Gasteiger charge is 2.30. The number of benzene rings is 2. The van der Waals surface area contributed by atoms with Gasteiger partial charge < -0.3 is 14.4 Å². The number of halogens is 3. The minimum atomic E-state index is -4.27. The summed E-state index contributed by atoms with van der Waals surface area (Å²) in [5.74, 6) is 1.00. The smallest absolute Gasteiger partial charge is 0.446 e. The van der Waals surface area contributed by atoms with Gasteiger partial charge in [0, 0.05) is 43.5 Å². The Kier molecular flexibility index (Phi) is 10.1. The monoisotopic (exact) mass is 496 g/mol. The van der Waals surface area contributed by atoms with E-state index in [4.69, 9.17) is 9.47 Å². The standard InChI is InChI=1S/C24H29F3N2O2S.C2H6/c1-28-16-19-15-20(31-12-2-9-29-10-13-30-14-11-29)5-8-22(19)23(17-28)18-3-6-21(7-4-18)32-24(25,26)27;1-2/h3-8,15,23H,2,9-14,16-17H2,1H3;1-2H3. The largest absolute Gasteiger partial charge is 0.494 e. The second-order valence-electron chi connectivity index (χ2n) is 8.38. The van der Waals surface area contributed by atoms with E-state index in [0.29, 0.717) is 6.61 Å². The number of hydrogen-bond acceptors (Lipinski definition) is 5. The number of fused-ring (bicyclic) bond motifs is 1. The fraction of sp³-hybridized carbons (Fsp3) is 0.538. The number of morpholine rings is 1. The molecule has 0 aromatic heterocycles. The van der Waals surface area contributed by atoms with Crippen LogP contribution < -0.4 is 4.74 Å². The summed E-state index contributed by atoms with van der Waals surface area (Å²) in [7, 11) is 2.07. The van der Waals surface area contributed by atoms with Gasteiger partial charge in [0.15, 0.2) is 0 Å². The molecule has 0 saturated carbocycles. The molecule has 2 heterocycles. The Labute approximate surface area is 205 Å². The van der Waals surface area contributed by atoms with Crippen molar-refractivity contribution < 1.29 is 22.6 Å². The Morgan fingerprint density at radius 2 is 1.76 bits per heavy atom. The number of rotatable bonds is 7. The maximum absolute atomic E-state index is 12.6. The van der Waals surface area contributed by atoms with Crippen molar-refractivity contribution in [1.29, 1.82) is 0 Å². The lowest BCUT2D eigenvalue weighted by Gasteiger charge is -2.33. The summed E-state index contributed by atoms with van der Waals surface area (Å²) in [5.41, 5.74) is -0.802. The minimum Gasteiger partial charge on any atom is -0.494 e. The average molecular weight is 497 g/mol. The second-order valence-corrected chi connectivity index (χ2v) is 9.52. The van der Waals surface area contributed by atoms with Gasteiger partial charge in [0.25, 0.3) is 0 Å². The van der Waals surface area contributed by atoms with Gasteiger partial charge in [-0.1, -0.05) is 32.0 Å². The zero-order valence-corrected chi connectivity index (χ0v) is 21.1. The molecule has 0 amide bonds. The first-order chi connectivity index (χ1) is 16.4. The van der Waals surface area contributed by atoms with Crippen LogP contribution in [0.1, 0.15) is 42.9 Å². The van der Waals surface area contributed by atoms with Gasteiger partial charge in [-0.2, -0.15) is 13.2 Å². The highest BCUT2D eigenvalue weighted by molar-refractivity contribution is 8.00. The molecule has 0 N–H and O–H groups in total. The van der Waals surface area contributed by atoms with Gasteiger partial charge in [0.1, 0.15) is 5.75 Å². The molecule has 2 aromatic rings. The quantitative estimate of drug-likeness (QED) is 0.346. The van der Waals surface area contributed by atoms with Gasteiger partial charge in [-0.3, -0.25) is 4.90 Å². The van der Waals surface area contributed by atoms with Crippen LogP contribution in [0.2, 0.25) is 0 Å². The molecule has 2 aliphatic rings. The summed E-state index contributed by atoms with van der Waals surface area (Å²) in [6, 6.07) is 13.0. The van der Waals surface area contributed by atoms with Crippen LogP contribution in [0.15, 0.2) is 47.4 Å². The summed E-state index contributed by atoms with van der Waals surface area (Å²) in [6.07, 6.45) is 0.974. The van der Waals surface area contributed by atoms with Gasteiger partial charge in [0.2, 0.25) is 0 Å². The summed E-state index contributed by atoms with van der Waals surface area (Å²) in [4.78, 5) is 4.86. The van der Waals surface area contributed by atoms with Crippen LogP contribution in [-0.4, -0.2) is 68.4 Å². The van der Waals surface area contributed by atoms with E-state index in [-0.39, 0.29) is 22.6 Å². The molecule has 4 rings (SSSR count). The SMILES string of the molecule is CC.CN1Cc2cc(OCCCN3CCOCC3)ccc2C(c2ccc(SC(F)(F)F)cc2)C1. The van der Waals surface area contributed by atoms with Crippen molar-refractivity contribution >= 4 is 11.8 Å². The third-order valence-electron chi connectivity index (χ3n) is 5.93. The molecule has 2 aliphatic heterocycles. The van der Waals surface area contributed by atoms with Gasteiger partial charge in [-0.15, -0.1) is 0 Å². The molecular weight excluding hydrogens is 461 g/mol. The topological polar surface area (TPSA) is 24.9 Å². The van der Waals surface area contributed by atoms with E-state index in [1.807, 2.05) is 32.0 Å². The van der Waals surface area contributed by atoms with E-state index in [1.54, 1.807) is 12.1 Å². The number of thioether (sulfide) groups is 1. The molecule has 4 nitrogen and oxygen atoms in total. The van der Waals surface area contributed by atoms with Crippen LogP contribution in [-0.2, 0) is 11.3 Å². The highest BCUT2D eigenvalue weighted by atomic mass is 32.2. The molecule has 1 unspecified atom stereocenters. The van der Waals surface area contributed by atoms with Gasteiger partial charge in [-0.05, 0) is 66.2 Å². The fourth-order valence-corrected chi connectivity index (χ4v) is 4.94. The van der Waals surface area contributed by atoms with Crippen LogP contribution in [0, 0.1) is 0 Å². The van der Waals surface area contributed by atoms with E-state index < -0.39 is 5.51 Å². The second kappa shape index (κ2) is 12.8. The lowest BCUT2D eigenvalue weighted by Crippen LogP contribution is -2.37. The van der Waals surface area contributed by atoms with Crippen LogP contribution in [0.4, 0.5) is 13.2 Å². The molecule has 1 atom stereocenters. The lowest BCUT2D eigenvalue weighted by atomic mass is 9.85. The minimum absolute atomic E-state index is 0.0736. The Balaban J connectivity index is 0.00000158. The highest BCUT2D eigenvalue weighted by Crippen LogP contribution is 2.39. The number of nitrogens with zero attached hydrogens (tertiary/aromatic N) is 2. The molecule has 1 fully saturated rings. The van der Waals surface area contributed by atoms with Crippen molar-refractivity contribution in [3.63, 3.8) is 0 Å². The summed E-state index contributed by atoms with van der Waals surface area (Å²) in [5, 5.41) is 0. The molecule has 0 aliphatic carbocycles. The maximum atomic E-state index is 12.6. The van der Waals surface area contributed by atoms with Crippen molar-refractivity contribution in [1.82, 2.24) is 9.80 Å². The van der Waals surface area contributed by atoms with Crippen LogP contribution >= 0.6 is 11.8 Å². The Hall–Kier alpha value is -1.74. The number of alkyl halides is 3. The number of likely N-dealkylation sites (N-methyl/N-ethyl adjacent to an activating group) is 1. The van der Waals surface area contributed by atoms with Crippen LogP contribution in [0.5, 0.6) is 5.75 Å². The summed E-state index contributed by atoms with van der Waals surface area (Å²) >= 11 is -0.0736. The first-order valence-corrected chi connectivity index (χ1v) is 12.8. The molecule has 0 spiro atoms. The maximum Gasteiger partial charge on any atom is 0.446 e. The van der Waals surface area contributed by atoms with Crippen molar-refractivity contribution in [3.8, 4) is 5.75 Å². The Morgan fingerprint density at radius 3 is 2.44 bits per heavy atom. The van der Waals surface area contributed by atoms with E-state index >= 15 is 0 Å². The number of ether oxygens (including phenoxy) is 2. The van der Waals surface area contributed by atoms with Crippen molar-refractivity contribution in [3.05, 3.63) is 59.2 Å². The third kappa shape index (κ3) is 7.90. The Morgan fingerprint density at radius 1 is 1.06 bits per heavy atom.